The molecule has 0 aliphatic rings. The molecule has 0 fully saturated rings. The van der Waals surface area contributed by atoms with Crippen LogP contribution in [0.3, 0.4) is 0 Å². The maximum Gasteiger partial charge on any atom is 0.508 e. The van der Waals surface area contributed by atoms with Crippen molar-refractivity contribution in [3.8, 4) is 16.9 Å². The van der Waals surface area contributed by atoms with Crippen LogP contribution in [0.2, 0.25) is 0 Å². The first-order valence-electron chi connectivity index (χ1n) is 11.6. The van der Waals surface area contributed by atoms with E-state index in [9.17, 15) is 9.90 Å². The van der Waals surface area contributed by atoms with Gasteiger partial charge in [0.05, 0.1) is 12.7 Å². The molecule has 2 rings (SSSR count). The average Bonchev–Trinajstić information content (AvgIpc) is 2.81. The third-order valence-electron chi connectivity index (χ3n) is 5.31. The van der Waals surface area contributed by atoms with E-state index in [0.29, 0.717) is 31.1 Å². The highest BCUT2D eigenvalue weighted by molar-refractivity contribution is 6.62. The van der Waals surface area contributed by atoms with Gasteiger partial charge in [-0.15, -0.1) is 0 Å². The first-order chi connectivity index (χ1) is 16.0. The minimum atomic E-state index is -3.19. The highest BCUT2D eigenvalue weighted by Gasteiger charge is 2.51. The summed E-state index contributed by atoms with van der Waals surface area (Å²) in [7, 11) is -1.58. The van der Waals surface area contributed by atoms with Crippen molar-refractivity contribution in [1.82, 2.24) is 0 Å². The minimum absolute atomic E-state index is 0.189. The molecule has 180 valence electrons. The second-order valence-electron chi connectivity index (χ2n) is 7.43. The van der Waals surface area contributed by atoms with Gasteiger partial charge < -0.3 is 23.1 Å². The first-order valence-corrected chi connectivity index (χ1v) is 13.4. The number of hydrogen-bond donors (Lipinski definition) is 1. The number of carbonyl (C=O) groups is 1. The number of hydrogen-bond acceptors (Lipinski definition) is 5. The van der Waals surface area contributed by atoms with Crippen molar-refractivity contribution in [3.05, 3.63) is 59.7 Å². The van der Waals surface area contributed by atoms with Crippen molar-refractivity contribution in [2.45, 2.75) is 46.1 Å². The van der Waals surface area contributed by atoms with Gasteiger partial charge in [-0.25, -0.2) is 4.79 Å². The lowest BCUT2D eigenvalue weighted by Crippen LogP contribution is -2.52. The fourth-order valence-electron chi connectivity index (χ4n) is 4.17. The molecule has 1 N–H and O–H groups in total. The Morgan fingerprint density at radius 3 is 2.06 bits per heavy atom. The standard InChI is InChI=1S/C26H36O6Si/c1-6-13-23(33(30-7-2,31-8-3)32-9-4)25-22(20-14-11-10-12-15-20)18-16-21(26(25)29-5)17-19-24(27)28/h10-12,14-19,23H,6-9,13H2,1-5H3,(H,27,28)/b19-17+. The van der Waals surface area contributed by atoms with Gasteiger partial charge in [0.2, 0.25) is 0 Å². The number of carboxylic acid groups (broad SMARTS) is 1. The van der Waals surface area contributed by atoms with E-state index in [0.717, 1.165) is 35.6 Å². The highest BCUT2D eigenvalue weighted by Crippen LogP contribution is 2.45. The molecule has 2 aromatic rings. The zero-order valence-corrected chi connectivity index (χ0v) is 21.3. The Hall–Kier alpha value is -2.45. The topological polar surface area (TPSA) is 74.2 Å². The van der Waals surface area contributed by atoms with Crippen molar-refractivity contribution in [1.29, 1.82) is 0 Å². The molecular weight excluding hydrogens is 436 g/mol. The van der Waals surface area contributed by atoms with Crippen LogP contribution in [0.4, 0.5) is 0 Å². The monoisotopic (exact) mass is 472 g/mol. The van der Waals surface area contributed by atoms with Crippen LogP contribution in [-0.2, 0) is 18.1 Å². The third kappa shape index (κ3) is 6.54. The molecule has 0 heterocycles. The molecular formula is C26H36O6Si. The van der Waals surface area contributed by atoms with Crippen molar-refractivity contribution >= 4 is 20.8 Å². The van der Waals surface area contributed by atoms with Gasteiger partial charge in [0.15, 0.2) is 0 Å². The molecule has 1 atom stereocenters. The Labute approximate surface area is 198 Å². The number of carboxylic acids is 1. The second kappa shape index (κ2) is 13.3. The van der Waals surface area contributed by atoms with Crippen LogP contribution in [0.25, 0.3) is 17.2 Å². The minimum Gasteiger partial charge on any atom is -0.496 e. The molecule has 0 aromatic heterocycles. The van der Waals surface area contributed by atoms with Crippen molar-refractivity contribution in [3.63, 3.8) is 0 Å². The van der Waals surface area contributed by atoms with Crippen molar-refractivity contribution in [2.24, 2.45) is 0 Å². The Morgan fingerprint density at radius 1 is 0.970 bits per heavy atom. The van der Waals surface area contributed by atoms with Gasteiger partial charge in [-0.1, -0.05) is 55.8 Å². The van der Waals surface area contributed by atoms with Gasteiger partial charge in [-0.05, 0) is 44.4 Å². The molecule has 2 aromatic carbocycles. The molecule has 0 amide bonds. The summed E-state index contributed by atoms with van der Waals surface area (Å²) >= 11 is 0. The number of methoxy groups -OCH3 is 1. The summed E-state index contributed by atoms with van der Waals surface area (Å²) in [5.41, 5.74) is 3.45. The van der Waals surface area contributed by atoms with Gasteiger partial charge in [-0.3, -0.25) is 0 Å². The summed E-state index contributed by atoms with van der Waals surface area (Å²) in [5.74, 6) is -0.402. The Balaban J connectivity index is 2.90. The van der Waals surface area contributed by atoms with Gasteiger partial charge in [0, 0.05) is 37.0 Å². The predicted octanol–water partition coefficient (Wildman–Crippen LogP) is 5.93. The van der Waals surface area contributed by atoms with Gasteiger partial charge in [-0.2, -0.15) is 0 Å². The SMILES string of the molecule is CCCC(c1c(-c2ccccc2)ccc(/C=C/C(=O)O)c1OC)[Si](OCC)(OCC)OCC. The van der Waals surface area contributed by atoms with E-state index in [1.807, 2.05) is 51.1 Å². The summed E-state index contributed by atoms with van der Waals surface area (Å²) in [6.07, 6.45) is 4.35. The summed E-state index contributed by atoms with van der Waals surface area (Å²) in [6.45, 7) is 9.37. The van der Waals surface area contributed by atoms with Gasteiger partial charge in [0.25, 0.3) is 0 Å². The number of aliphatic carboxylic acids is 1. The molecule has 6 nitrogen and oxygen atoms in total. The van der Waals surface area contributed by atoms with Crippen LogP contribution in [0.15, 0.2) is 48.5 Å². The fraction of sp³-hybridized carbons (Fsp3) is 0.423. The van der Waals surface area contributed by atoms with E-state index in [2.05, 4.69) is 19.1 Å². The van der Waals surface area contributed by atoms with Crippen molar-refractivity contribution < 1.29 is 27.9 Å². The van der Waals surface area contributed by atoms with E-state index in [1.165, 1.54) is 0 Å². The van der Waals surface area contributed by atoms with Crippen LogP contribution in [0.5, 0.6) is 5.75 Å². The smallest absolute Gasteiger partial charge is 0.496 e. The van der Waals surface area contributed by atoms with E-state index in [-0.39, 0.29) is 5.54 Å². The lowest BCUT2D eigenvalue weighted by atomic mass is 9.92. The molecule has 1 unspecified atom stereocenters. The summed E-state index contributed by atoms with van der Waals surface area (Å²) in [5, 5.41) is 9.19. The Kier molecular flexibility index (Phi) is 10.8. The van der Waals surface area contributed by atoms with E-state index >= 15 is 0 Å². The quantitative estimate of drug-likeness (QED) is 0.271. The normalized spacial score (nSPS) is 12.8. The highest BCUT2D eigenvalue weighted by atomic mass is 28.4. The van der Waals surface area contributed by atoms with Crippen LogP contribution < -0.4 is 4.74 Å². The molecule has 0 radical (unpaired) electrons. The lowest BCUT2D eigenvalue weighted by Gasteiger charge is -2.37. The predicted molar refractivity (Wildman–Crippen MR) is 133 cm³/mol. The Morgan fingerprint density at radius 2 is 1.58 bits per heavy atom. The van der Waals surface area contributed by atoms with Gasteiger partial charge >= 0.3 is 14.8 Å². The maximum atomic E-state index is 11.2. The number of benzene rings is 2. The Bertz CT molecular complexity index is 895. The molecule has 0 aliphatic heterocycles. The molecule has 0 aliphatic carbocycles. The van der Waals surface area contributed by atoms with Crippen LogP contribution in [0, 0.1) is 0 Å². The van der Waals surface area contributed by atoms with Gasteiger partial charge in [0.1, 0.15) is 5.75 Å². The molecule has 0 saturated carbocycles. The molecule has 33 heavy (non-hydrogen) atoms. The van der Waals surface area contributed by atoms with Crippen molar-refractivity contribution in [2.75, 3.05) is 26.9 Å². The largest absolute Gasteiger partial charge is 0.508 e. The van der Waals surface area contributed by atoms with E-state index in [4.69, 9.17) is 18.0 Å². The van der Waals surface area contributed by atoms with E-state index < -0.39 is 14.8 Å². The van der Waals surface area contributed by atoms with Crippen LogP contribution in [-0.4, -0.2) is 46.8 Å². The number of ether oxygens (including phenoxy) is 1. The fourth-order valence-corrected chi connectivity index (χ4v) is 7.51. The molecule has 7 heteroatoms. The third-order valence-corrected chi connectivity index (χ3v) is 8.81. The first kappa shape index (κ1) is 26.8. The van der Waals surface area contributed by atoms with Crippen LogP contribution >= 0.6 is 0 Å². The zero-order valence-electron chi connectivity index (χ0n) is 20.3. The maximum absolute atomic E-state index is 11.2. The number of rotatable bonds is 14. The second-order valence-corrected chi connectivity index (χ2v) is 10.2. The molecule has 0 bridgehead atoms. The zero-order chi connectivity index (χ0) is 24.3. The molecule has 0 spiro atoms. The molecule has 0 saturated heterocycles. The van der Waals surface area contributed by atoms with Crippen LogP contribution in [0.1, 0.15) is 57.2 Å². The summed E-state index contributed by atoms with van der Waals surface area (Å²) < 4.78 is 24.9. The van der Waals surface area contributed by atoms with E-state index in [1.54, 1.807) is 13.2 Å². The summed E-state index contributed by atoms with van der Waals surface area (Å²) in [6, 6.07) is 14.0. The lowest BCUT2D eigenvalue weighted by molar-refractivity contribution is -0.131. The summed E-state index contributed by atoms with van der Waals surface area (Å²) in [4.78, 5) is 11.2. The average molecular weight is 473 g/mol.